The Morgan fingerprint density at radius 1 is 1.27 bits per heavy atom. The van der Waals surface area contributed by atoms with E-state index in [1.54, 1.807) is 39.8 Å². The highest BCUT2D eigenvalue weighted by molar-refractivity contribution is 7.09. The van der Waals surface area contributed by atoms with Crippen molar-refractivity contribution in [2.75, 3.05) is 5.32 Å². The Kier molecular flexibility index (Phi) is 4.86. The summed E-state index contributed by atoms with van der Waals surface area (Å²) in [6, 6.07) is 7.20. The van der Waals surface area contributed by atoms with Crippen molar-refractivity contribution in [1.29, 1.82) is 0 Å². The van der Waals surface area contributed by atoms with Crippen LogP contribution in [0.2, 0.25) is 0 Å². The second kappa shape index (κ2) is 6.33. The van der Waals surface area contributed by atoms with E-state index in [1.807, 2.05) is 12.1 Å². The largest absolute Gasteiger partial charge is 0.491 e. The third-order valence-electron chi connectivity index (χ3n) is 3.66. The van der Waals surface area contributed by atoms with Gasteiger partial charge in [-0.25, -0.2) is 4.98 Å². The average Bonchev–Trinajstić information content (AvgIpc) is 2.90. The summed E-state index contributed by atoms with van der Waals surface area (Å²) >= 11 is 1.25. The second-order valence-corrected chi connectivity index (χ2v) is 6.82. The van der Waals surface area contributed by atoms with Gasteiger partial charge in [-0.2, -0.15) is 4.37 Å². The standard InChI is InChI=1S/C14H20BN3O3S/c1-13(2,19)14(3,4)21-15(20)10-6-5-7-11(8-10)18-12-16-9-17-22-12/h5-9,19-20H,1-4H3,(H,16,17,18). The fourth-order valence-electron chi connectivity index (χ4n) is 1.61. The highest BCUT2D eigenvalue weighted by Crippen LogP contribution is 2.25. The molecular formula is C14H20BN3O3S. The fourth-order valence-corrected chi connectivity index (χ4v) is 2.06. The van der Waals surface area contributed by atoms with Crippen molar-refractivity contribution in [2.45, 2.75) is 38.9 Å². The van der Waals surface area contributed by atoms with Gasteiger partial charge in [0.05, 0.1) is 11.2 Å². The van der Waals surface area contributed by atoms with E-state index in [4.69, 9.17) is 4.65 Å². The molecule has 6 nitrogen and oxygen atoms in total. The predicted octanol–water partition coefficient (Wildman–Crippen LogP) is 1.54. The summed E-state index contributed by atoms with van der Waals surface area (Å²) in [5, 5.41) is 24.2. The second-order valence-electron chi connectivity index (χ2n) is 6.04. The number of nitrogens with one attached hydrogen (secondary N) is 1. The van der Waals surface area contributed by atoms with Gasteiger partial charge < -0.3 is 20.1 Å². The van der Waals surface area contributed by atoms with E-state index in [-0.39, 0.29) is 0 Å². The fraction of sp³-hybridized carbons (Fsp3) is 0.429. The molecule has 0 radical (unpaired) electrons. The van der Waals surface area contributed by atoms with Crippen LogP contribution in [0, 0.1) is 0 Å². The van der Waals surface area contributed by atoms with Crippen LogP contribution < -0.4 is 10.8 Å². The van der Waals surface area contributed by atoms with Gasteiger partial charge in [0.1, 0.15) is 6.33 Å². The monoisotopic (exact) mass is 321 g/mol. The molecule has 0 spiro atoms. The topological polar surface area (TPSA) is 87.5 Å². The van der Waals surface area contributed by atoms with E-state index in [9.17, 15) is 10.1 Å². The van der Waals surface area contributed by atoms with Crippen LogP contribution >= 0.6 is 11.5 Å². The van der Waals surface area contributed by atoms with Crippen LogP contribution in [0.1, 0.15) is 27.7 Å². The molecule has 118 valence electrons. The maximum atomic E-state index is 10.3. The molecule has 0 atom stereocenters. The molecule has 3 N–H and O–H groups in total. The Bertz CT molecular complexity index is 614. The molecule has 0 saturated heterocycles. The number of aliphatic hydroxyl groups is 1. The number of aromatic nitrogens is 2. The predicted molar refractivity (Wildman–Crippen MR) is 88.7 cm³/mol. The van der Waals surface area contributed by atoms with Crippen molar-refractivity contribution in [2.24, 2.45) is 0 Å². The molecule has 0 bridgehead atoms. The first-order valence-corrected chi connectivity index (χ1v) is 7.68. The summed E-state index contributed by atoms with van der Waals surface area (Å²) < 4.78 is 9.55. The molecule has 8 heteroatoms. The van der Waals surface area contributed by atoms with Crippen molar-refractivity contribution < 1.29 is 14.8 Å². The van der Waals surface area contributed by atoms with Gasteiger partial charge >= 0.3 is 7.12 Å². The normalized spacial score (nSPS) is 12.3. The maximum Gasteiger partial charge on any atom is 0.491 e. The third-order valence-corrected chi connectivity index (χ3v) is 4.24. The van der Waals surface area contributed by atoms with Gasteiger partial charge in [-0.1, -0.05) is 12.1 Å². The molecular weight excluding hydrogens is 301 g/mol. The molecule has 1 aromatic carbocycles. The summed E-state index contributed by atoms with van der Waals surface area (Å²) in [6.45, 7) is 6.76. The number of hydrogen-bond acceptors (Lipinski definition) is 7. The number of benzene rings is 1. The van der Waals surface area contributed by atoms with E-state index in [1.165, 1.54) is 17.9 Å². The molecule has 0 amide bonds. The number of anilines is 2. The van der Waals surface area contributed by atoms with Crippen LogP contribution in [0.25, 0.3) is 0 Å². The van der Waals surface area contributed by atoms with Gasteiger partial charge in [-0.15, -0.1) is 0 Å². The SMILES string of the molecule is CC(C)(O)C(C)(C)OB(O)c1cccc(Nc2ncns2)c1. The Hall–Kier alpha value is -1.48. The molecule has 2 aromatic rings. The van der Waals surface area contributed by atoms with Crippen LogP contribution in [-0.4, -0.2) is 37.8 Å². The van der Waals surface area contributed by atoms with Gasteiger partial charge in [0.2, 0.25) is 5.13 Å². The summed E-state index contributed by atoms with van der Waals surface area (Å²) in [6.07, 6.45) is 1.47. The number of nitrogens with zero attached hydrogens (tertiary/aromatic N) is 2. The summed E-state index contributed by atoms with van der Waals surface area (Å²) in [5.74, 6) is 0. The molecule has 0 fully saturated rings. The van der Waals surface area contributed by atoms with Crippen LogP contribution in [-0.2, 0) is 4.65 Å². The lowest BCUT2D eigenvalue weighted by molar-refractivity contribution is -0.0982. The van der Waals surface area contributed by atoms with Crippen molar-refractivity contribution in [3.63, 3.8) is 0 Å². The highest BCUT2D eigenvalue weighted by atomic mass is 32.1. The minimum absolute atomic E-state index is 0.590. The highest BCUT2D eigenvalue weighted by Gasteiger charge is 2.39. The van der Waals surface area contributed by atoms with E-state index >= 15 is 0 Å². The van der Waals surface area contributed by atoms with Crippen LogP contribution in [0.15, 0.2) is 30.6 Å². The lowest BCUT2D eigenvalue weighted by Crippen LogP contribution is -2.53. The molecule has 0 unspecified atom stereocenters. The first-order chi connectivity index (χ1) is 10.2. The van der Waals surface area contributed by atoms with E-state index in [0.717, 1.165) is 5.69 Å². The van der Waals surface area contributed by atoms with Crippen molar-refractivity contribution in [3.8, 4) is 0 Å². The lowest BCUT2D eigenvalue weighted by Gasteiger charge is -2.38. The molecule has 0 saturated carbocycles. The van der Waals surface area contributed by atoms with Crippen LogP contribution in [0.5, 0.6) is 0 Å². The molecule has 22 heavy (non-hydrogen) atoms. The number of rotatable bonds is 6. The molecule has 0 aliphatic rings. The Morgan fingerprint density at radius 2 is 2.00 bits per heavy atom. The summed E-state index contributed by atoms with van der Waals surface area (Å²) in [7, 11) is -1.14. The number of hydrogen-bond donors (Lipinski definition) is 3. The van der Waals surface area contributed by atoms with Gasteiger partial charge in [-0.3, -0.25) is 0 Å². The Labute approximate surface area is 134 Å². The van der Waals surface area contributed by atoms with Crippen molar-refractivity contribution in [3.05, 3.63) is 30.6 Å². The smallest absolute Gasteiger partial charge is 0.423 e. The van der Waals surface area contributed by atoms with E-state index < -0.39 is 18.3 Å². The summed E-state index contributed by atoms with van der Waals surface area (Å²) in [4.78, 5) is 4.05. The van der Waals surface area contributed by atoms with Gasteiger partial charge in [-0.05, 0) is 45.3 Å². The summed E-state index contributed by atoms with van der Waals surface area (Å²) in [5.41, 5.74) is -0.629. The van der Waals surface area contributed by atoms with E-state index in [0.29, 0.717) is 10.6 Å². The molecule has 0 aliphatic carbocycles. The first-order valence-electron chi connectivity index (χ1n) is 6.91. The lowest BCUT2D eigenvalue weighted by atomic mass is 9.76. The van der Waals surface area contributed by atoms with Crippen LogP contribution in [0.3, 0.4) is 0 Å². The van der Waals surface area contributed by atoms with Crippen molar-refractivity contribution in [1.82, 2.24) is 9.36 Å². The van der Waals surface area contributed by atoms with Gasteiger partial charge in [0.15, 0.2) is 0 Å². The van der Waals surface area contributed by atoms with Gasteiger partial charge in [0, 0.05) is 17.2 Å². The molecule has 2 rings (SSSR count). The molecule has 1 heterocycles. The first kappa shape index (κ1) is 16.9. The van der Waals surface area contributed by atoms with Crippen molar-refractivity contribution >= 4 is 34.9 Å². The van der Waals surface area contributed by atoms with E-state index in [2.05, 4.69) is 14.7 Å². The zero-order chi connectivity index (χ0) is 16.4. The Balaban J connectivity index is 2.12. The molecule has 1 aromatic heterocycles. The minimum atomic E-state index is -1.14. The van der Waals surface area contributed by atoms with Crippen LogP contribution in [0.4, 0.5) is 10.8 Å². The third kappa shape index (κ3) is 4.04. The van der Waals surface area contributed by atoms with Gasteiger partial charge in [0.25, 0.3) is 0 Å². The zero-order valence-corrected chi connectivity index (χ0v) is 13.9. The minimum Gasteiger partial charge on any atom is -0.423 e. The maximum absolute atomic E-state index is 10.3. The Morgan fingerprint density at radius 3 is 2.59 bits per heavy atom. The average molecular weight is 321 g/mol. The quantitative estimate of drug-likeness (QED) is 0.700. The molecule has 0 aliphatic heterocycles. The zero-order valence-electron chi connectivity index (χ0n) is 13.1.